The van der Waals surface area contributed by atoms with Crippen molar-refractivity contribution in [2.45, 2.75) is 26.9 Å². The highest BCUT2D eigenvalue weighted by Crippen LogP contribution is 2.24. The highest BCUT2D eigenvalue weighted by molar-refractivity contribution is 7.12. The SMILES string of the molecule is COC(CNC(=O)c1ccc(C)c(C)c1)c1ccc(C)s1. The van der Waals surface area contributed by atoms with E-state index in [9.17, 15) is 4.79 Å². The van der Waals surface area contributed by atoms with Gasteiger partial charge < -0.3 is 10.1 Å². The number of carbonyl (C=O) groups excluding carboxylic acids is 1. The minimum Gasteiger partial charge on any atom is -0.374 e. The summed E-state index contributed by atoms with van der Waals surface area (Å²) in [7, 11) is 1.67. The summed E-state index contributed by atoms with van der Waals surface area (Å²) in [6.07, 6.45) is -0.0980. The molecule has 112 valence electrons. The fraction of sp³-hybridized carbons (Fsp3) is 0.353. The van der Waals surface area contributed by atoms with E-state index < -0.39 is 0 Å². The van der Waals surface area contributed by atoms with E-state index in [0.717, 1.165) is 10.4 Å². The van der Waals surface area contributed by atoms with Gasteiger partial charge in [0.2, 0.25) is 0 Å². The Balaban J connectivity index is 2.00. The van der Waals surface area contributed by atoms with Gasteiger partial charge in [0.15, 0.2) is 0 Å². The molecule has 1 unspecified atom stereocenters. The predicted molar refractivity (Wildman–Crippen MR) is 87.1 cm³/mol. The minimum absolute atomic E-state index is 0.0616. The summed E-state index contributed by atoms with van der Waals surface area (Å²) in [5.41, 5.74) is 3.01. The number of ether oxygens (including phenoxy) is 1. The number of rotatable bonds is 5. The molecule has 4 heteroatoms. The maximum atomic E-state index is 12.2. The standard InChI is InChI=1S/C17H21NO2S/c1-11-5-7-14(9-12(11)2)17(19)18-10-15(20-4)16-8-6-13(3)21-16/h5-9,15H,10H2,1-4H3,(H,18,19). The maximum Gasteiger partial charge on any atom is 0.251 e. The normalized spacial score (nSPS) is 12.2. The fourth-order valence-electron chi connectivity index (χ4n) is 2.10. The molecule has 0 spiro atoms. The molecule has 1 aromatic carbocycles. The van der Waals surface area contributed by atoms with Crippen molar-refractivity contribution in [3.63, 3.8) is 0 Å². The van der Waals surface area contributed by atoms with Gasteiger partial charge in [-0.25, -0.2) is 0 Å². The Bertz CT molecular complexity index is 633. The summed E-state index contributed by atoms with van der Waals surface area (Å²) in [4.78, 5) is 14.6. The van der Waals surface area contributed by atoms with E-state index >= 15 is 0 Å². The molecule has 1 N–H and O–H groups in total. The van der Waals surface area contributed by atoms with Gasteiger partial charge in [0.05, 0.1) is 0 Å². The molecule has 0 aliphatic carbocycles. The molecule has 0 aliphatic heterocycles. The molecule has 0 fully saturated rings. The minimum atomic E-state index is -0.0980. The highest BCUT2D eigenvalue weighted by Gasteiger charge is 2.14. The van der Waals surface area contributed by atoms with Gasteiger partial charge in [0, 0.05) is 29.0 Å². The first-order chi connectivity index (χ1) is 10.0. The fourth-order valence-corrected chi connectivity index (χ4v) is 3.05. The zero-order chi connectivity index (χ0) is 15.4. The Morgan fingerprint density at radius 3 is 2.52 bits per heavy atom. The van der Waals surface area contributed by atoms with Gasteiger partial charge in [-0.05, 0) is 56.2 Å². The zero-order valence-corrected chi connectivity index (χ0v) is 13.7. The van der Waals surface area contributed by atoms with Crippen LogP contribution in [0.5, 0.6) is 0 Å². The highest BCUT2D eigenvalue weighted by atomic mass is 32.1. The average molecular weight is 303 g/mol. The molecule has 1 atom stereocenters. The number of thiophene rings is 1. The van der Waals surface area contributed by atoms with Crippen molar-refractivity contribution in [3.05, 3.63) is 56.8 Å². The van der Waals surface area contributed by atoms with Crippen LogP contribution in [0.1, 0.15) is 37.3 Å². The topological polar surface area (TPSA) is 38.3 Å². The van der Waals surface area contributed by atoms with Gasteiger partial charge in [-0.1, -0.05) is 6.07 Å². The third-order valence-corrected chi connectivity index (χ3v) is 4.67. The van der Waals surface area contributed by atoms with E-state index in [4.69, 9.17) is 4.74 Å². The van der Waals surface area contributed by atoms with Crippen LogP contribution >= 0.6 is 11.3 Å². The van der Waals surface area contributed by atoms with Crippen molar-refractivity contribution < 1.29 is 9.53 Å². The van der Waals surface area contributed by atoms with Crippen molar-refractivity contribution in [3.8, 4) is 0 Å². The number of nitrogens with one attached hydrogen (secondary N) is 1. The monoisotopic (exact) mass is 303 g/mol. The molecule has 0 radical (unpaired) electrons. The second-order valence-electron chi connectivity index (χ2n) is 5.18. The molecule has 3 nitrogen and oxygen atoms in total. The first-order valence-electron chi connectivity index (χ1n) is 6.96. The van der Waals surface area contributed by atoms with Crippen molar-refractivity contribution in [2.24, 2.45) is 0 Å². The Hall–Kier alpha value is -1.65. The molecule has 0 saturated heterocycles. The predicted octanol–water partition coefficient (Wildman–Crippen LogP) is 3.79. The third kappa shape index (κ3) is 3.93. The van der Waals surface area contributed by atoms with Gasteiger partial charge in [0.25, 0.3) is 5.91 Å². The number of aryl methyl sites for hydroxylation is 3. The number of amides is 1. The van der Waals surface area contributed by atoms with Gasteiger partial charge in [-0.3, -0.25) is 4.79 Å². The maximum absolute atomic E-state index is 12.2. The average Bonchev–Trinajstić information content (AvgIpc) is 2.89. The van der Waals surface area contributed by atoms with E-state index in [2.05, 4.69) is 24.4 Å². The first-order valence-corrected chi connectivity index (χ1v) is 7.77. The number of methoxy groups -OCH3 is 1. The van der Waals surface area contributed by atoms with Crippen LogP contribution < -0.4 is 5.32 Å². The van der Waals surface area contributed by atoms with Gasteiger partial charge in [-0.2, -0.15) is 0 Å². The molecule has 0 saturated carbocycles. The van der Waals surface area contributed by atoms with Gasteiger partial charge >= 0.3 is 0 Å². The Morgan fingerprint density at radius 2 is 1.95 bits per heavy atom. The molecule has 1 heterocycles. The van der Waals surface area contributed by atoms with Crippen molar-refractivity contribution in [1.82, 2.24) is 5.32 Å². The number of benzene rings is 1. The van der Waals surface area contributed by atoms with Crippen LogP contribution in [0.25, 0.3) is 0 Å². The molecule has 2 aromatic rings. The second-order valence-corrected chi connectivity index (χ2v) is 6.50. The Labute approximate surface area is 130 Å². The summed E-state index contributed by atoms with van der Waals surface area (Å²) in [6.45, 7) is 6.59. The van der Waals surface area contributed by atoms with Crippen LogP contribution in [0.15, 0.2) is 30.3 Å². The summed E-state index contributed by atoms with van der Waals surface area (Å²) in [5.74, 6) is -0.0616. The van der Waals surface area contributed by atoms with Crippen LogP contribution in [-0.4, -0.2) is 19.6 Å². The molecule has 1 aromatic heterocycles. The van der Waals surface area contributed by atoms with Crippen molar-refractivity contribution in [2.75, 3.05) is 13.7 Å². The first kappa shape index (κ1) is 15.7. The Kier molecular flexibility index (Phi) is 5.15. The van der Waals surface area contributed by atoms with E-state index in [0.29, 0.717) is 12.1 Å². The molecule has 21 heavy (non-hydrogen) atoms. The van der Waals surface area contributed by atoms with E-state index in [1.165, 1.54) is 10.4 Å². The molecular weight excluding hydrogens is 282 g/mol. The lowest BCUT2D eigenvalue weighted by Gasteiger charge is -2.15. The molecule has 1 amide bonds. The Morgan fingerprint density at radius 1 is 1.19 bits per heavy atom. The largest absolute Gasteiger partial charge is 0.374 e. The van der Waals surface area contributed by atoms with Crippen LogP contribution in [0.2, 0.25) is 0 Å². The lowest BCUT2D eigenvalue weighted by molar-refractivity contribution is 0.0837. The number of carbonyl (C=O) groups is 1. The summed E-state index contributed by atoms with van der Waals surface area (Å²) in [6, 6.07) is 9.87. The summed E-state index contributed by atoms with van der Waals surface area (Å²) < 4.78 is 5.47. The lowest BCUT2D eigenvalue weighted by atomic mass is 10.1. The second kappa shape index (κ2) is 6.87. The van der Waals surface area contributed by atoms with Gasteiger partial charge in [-0.15, -0.1) is 11.3 Å². The molecule has 2 rings (SSSR count). The van der Waals surface area contributed by atoms with E-state index in [-0.39, 0.29) is 12.0 Å². The van der Waals surface area contributed by atoms with Crippen molar-refractivity contribution >= 4 is 17.2 Å². The molecular formula is C17H21NO2S. The third-order valence-electron chi connectivity index (χ3n) is 3.58. The van der Waals surface area contributed by atoms with Crippen LogP contribution in [0.4, 0.5) is 0 Å². The quantitative estimate of drug-likeness (QED) is 0.912. The smallest absolute Gasteiger partial charge is 0.251 e. The van der Waals surface area contributed by atoms with Crippen LogP contribution in [-0.2, 0) is 4.74 Å². The molecule has 0 bridgehead atoms. The van der Waals surface area contributed by atoms with Crippen LogP contribution in [0, 0.1) is 20.8 Å². The summed E-state index contributed by atoms with van der Waals surface area (Å²) >= 11 is 1.70. The number of hydrogen-bond donors (Lipinski definition) is 1. The van der Waals surface area contributed by atoms with Crippen molar-refractivity contribution in [1.29, 1.82) is 0 Å². The van der Waals surface area contributed by atoms with E-state index in [1.807, 2.05) is 32.0 Å². The van der Waals surface area contributed by atoms with Crippen LogP contribution in [0.3, 0.4) is 0 Å². The van der Waals surface area contributed by atoms with Gasteiger partial charge in [0.1, 0.15) is 6.10 Å². The number of hydrogen-bond acceptors (Lipinski definition) is 3. The van der Waals surface area contributed by atoms with E-state index in [1.54, 1.807) is 18.4 Å². The lowest BCUT2D eigenvalue weighted by Crippen LogP contribution is -2.28. The summed E-state index contributed by atoms with van der Waals surface area (Å²) in [5, 5.41) is 2.95. The molecule has 0 aliphatic rings. The zero-order valence-electron chi connectivity index (χ0n) is 12.9.